The van der Waals surface area contributed by atoms with E-state index < -0.39 is 12.1 Å². The predicted molar refractivity (Wildman–Crippen MR) is 74.2 cm³/mol. The van der Waals surface area contributed by atoms with E-state index in [1.54, 1.807) is 26.5 Å². The third-order valence-electron chi connectivity index (χ3n) is 3.57. The molecule has 1 saturated heterocycles. The molecule has 0 spiro atoms. The maximum atomic E-state index is 11.8. The summed E-state index contributed by atoms with van der Waals surface area (Å²) in [6, 6.07) is 1.24. The molecule has 1 aliphatic heterocycles. The fourth-order valence-electron chi connectivity index (χ4n) is 2.59. The molecule has 1 fully saturated rings. The molecular weight excluding hydrogens is 276 g/mol. The van der Waals surface area contributed by atoms with Gasteiger partial charge in [-0.05, 0) is 0 Å². The van der Waals surface area contributed by atoms with Gasteiger partial charge < -0.3 is 19.3 Å². The summed E-state index contributed by atoms with van der Waals surface area (Å²) >= 11 is 0. The minimum atomic E-state index is -0.550. The SMILES string of the molecule is COC(=O)C1CC(O)CN1Cc1nccc(OC)c1OC. The zero-order valence-corrected chi connectivity index (χ0v) is 12.4. The van der Waals surface area contributed by atoms with E-state index in [4.69, 9.17) is 14.2 Å². The van der Waals surface area contributed by atoms with Crippen molar-refractivity contribution in [3.8, 4) is 11.5 Å². The number of rotatable bonds is 5. The third-order valence-corrected chi connectivity index (χ3v) is 3.57. The Morgan fingerprint density at radius 3 is 2.81 bits per heavy atom. The minimum absolute atomic E-state index is 0.353. The second-order valence-electron chi connectivity index (χ2n) is 4.85. The van der Waals surface area contributed by atoms with Gasteiger partial charge >= 0.3 is 5.97 Å². The molecule has 2 atom stereocenters. The van der Waals surface area contributed by atoms with Gasteiger partial charge in [-0.3, -0.25) is 14.7 Å². The van der Waals surface area contributed by atoms with Crippen LogP contribution in [0.25, 0.3) is 0 Å². The molecule has 1 aromatic rings. The first-order chi connectivity index (χ1) is 10.1. The summed E-state index contributed by atoms with van der Waals surface area (Å²) in [5, 5.41) is 9.79. The molecule has 0 radical (unpaired) electrons. The highest BCUT2D eigenvalue weighted by Crippen LogP contribution is 2.31. The van der Waals surface area contributed by atoms with E-state index in [-0.39, 0.29) is 5.97 Å². The van der Waals surface area contributed by atoms with E-state index in [1.807, 2.05) is 4.90 Å². The predicted octanol–water partition coefficient (Wildman–Crippen LogP) is 0.207. The smallest absolute Gasteiger partial charge is 0.323 e. The van der Waals surface area contributed by atoms with E-state index in [0.717, 1.165) is 0 Å². The maximum Gasteiger partial charge on any atom is 0.323 e. The number of pyridine rings is 1. The van der Waals surface area contributed by atoms with Gasteiger partial charge in [-0.1, -0.05) is 0 Å². The molecule has 2 heterocycles. The van der Waals surface area contributed by atoms with Crippen molar-refractivity contribution in [2.75, 3.05) is 27.9 Å². The molecule has 7 nitrogen and oxygen atoms in total. The fourth-order valence-corrected chi connectivity index (χ4v) is 2.59. The maximum absolute atomic E-state index is 11.8. The van der Waals surface area contributed by atoms with Gasteiger partial charge in [0.15, 0.2) is 11.5 Å². The highest BCUT2D eigenvalue weighted by Gasteiger charge is 2.37. The van der Waals surface area contributed by atoms with Crippen molar-refractivity contribution in [2.45, 2.75) is 25.1 Å². The number of carbonyl (C=O) groups is 1. The van der Waals surface area contributed by atoms with Crippen LogP contribution in [0, 0.1) is 0 Å². The van der Waals surface area contributed by atoms with E-state index in [0.29, 0.717) is 36.7 Å². The average molecular weight is 296 g/mol. The summed E-state index contributed by atoms with van der Waals surface area (Å²) in [7, 11) is 4.44. The number of likely N-dealkylation sites (tertiary alicyclic amines) is 1. The largest absolute Gasteiger partial charge is 0.493 e. The lowest BCUT2D eigenvalue weighted by Crippen LogP contribution is -2.36. The average Bonchev–Trinajstić information content (AvgIpc) is 2.86. The van der Waals surface area contributed by atoms with Crippen LogP contribution < -0.4 is 9.47 Å². The van der Waals surface area contributed by atoms with Crippen LogP contribution in [0.3, 0.4) is 0 Å². The zero-order valence-electron chi connectivity index (χ0n) is 12.4. The first-order valence-corrected chi connectivity index (χ1v) is 6.66. The van der Waals surface area contributed by atoms with E-state index in [2.05, 4.69) is 4.98 Å². The van der Waals surface area contributed by atoms with Crippen molar-refractivity contribution in [3.05, 3.63) is 18.0 Å². The number of hydrogen-bond acceptors (Lipinski definition) is 7. The molecule has 1 aliphatic rings. The van der Waals surface area contributed by atoms with E-state index in [9.17, 15) is 9.90 Å². The molecule has 1 N–H and O–H groups in total. The number of methoxy groups -OCH3 is 3. The van der Waals surface area contributed by atoms with Crippen LogP contribution in [0.2, 0.25) is 0 Å². The molecule has 2 unspecified atom stereocenters. The normalized spacial score (nSPS) is 22.1. The molecule has 0 bridgehead atoms. The number of hydrogen-bond donors (Lipinski definition) is 1. The highest BCUT2D eigenvalue weighted by molar-refractivity contribution is 5.76. The summed E-state index contributed by atoms with van der Waals surface area (Å²) < 4.78 is 15.4. The number of aromatic nitrogens is 1. The molecule has 0 amide bonds. The van der Waals surface area contributed by atoms with Crippen molar-refractivity contribution in [1.29, 1.82) is 0 Å². The lowest BCUT2D eigenvalue weighted by molar-refractivity contribution is -0.146. The molecule has 116 valence electrons. The second kappa shape index (κ2) is 6.73. The Balaban J connectivity index is 2.22. The van der Waals surface area contributed by atoms with Gasteiger partial charge in [0.2, 0.25) is 0 Å². The summed E-state index contributed by atoms with van der Waals surface area (Å²) in [4.78, 5) is 17.9. The van der Waals surface area contributed by atoms with Gasteiger partial charge in [0, 0.05) is 31.8 Å². The van der Waals surface area contributed by atoms with Gasteiger partial charge in [0.05, 0.1) is 27.4 Å². The monoisotopic (exact) mass is 296 g/mol. The van der Waals surface area contributed by atoms with Crippen molar-refractivity contribution < 1.29 is 24.1 Å². The summed E-state index contributed by atoms with van der Waals surface area (Å²) in [6.45, 7) is 0.763. The zero-order chi connectivity index (χ0) is 15.4. The Labute approximate surface area is 123 Å². The third kappa shape index (κ3) is 3.25. The summed E-state index contributed by atoms with van der Waals surface area (Å²) in [5.41, 5.74) is 0.653. The molecule has 7 heteroatoms. The first-order valence-electron chi connectivity index (χ1n) is 6.66. The number of ether oxygens (including phenoxy) is 3. The standard InChI is InChI=1S/C14H20N2O5/c1-19-12-4-5-15-10(13(12)20-2)8-16-7-9(17)6-11(16)14(18)21-3/h4-5,9,11,17H,6-8H2,1-3H3. The van der Waals surface area contributed by atoms with E-state index in [1.165, 1.54) is 7.11 Å². The van der Waals surface area contributed by atoms with Gasteiger partial charge in [-0.15, -0.1) is 0 Å². The number of aliphatic hydroxyl groups excluding tert-OH is 1. The molecular formula is C14H20N2O5. The van der Waals surface area contributed by atoms with Crippen LogP contribution in [0.15, 0.2) is 12.3 Å². The Morgan fingerprint density at radius 1 is 1.43 bits per heavy atom. The Kier molecular flexibility index (Phi) is 4.98. The topological polar surface area (TPSA) is 81.1 Å². The van der Waals surface area contributed by atoms with Gasteiger partial charge in [-0.25, -0.2) is 0 Å². The summed E-state index contributed by atoms with van der Waals surface area (Å²) in [6.07, 6.45) is 1.43. The molecule has 2 rings (SSSR count). The molecule has 0 aromatic carbocycles. The first kappa shape index (κ1) is 15.5. The fraction of sp³-hybridized carbons (Fsp3) is 0.571. The molecule has 21 heavy (non-hydrogen) atoms. The number of esters is 1. The highest BCUT2D eigenvalue weighted by atomic mass is 16.5. The Bertz CT molecular complexity index is 508. The lowest BCUT2D eigenvalue weighted by Gasteiger charge is -2.22. The Hall–Kier alpha value is -1.86. The van der Waals surface area contributed by atoms with Gasteiger partial charge in [0.25, 0.3) is 0 Å². The van der Waals surface area contributed by atoms with Crippen LogP contribution in [0.1, 0.15) is 12.1 Å². The molecule has 1 aromatic heterocycles. The molecule has 0 aliphatic carbocycles. The van der Waals surface area contributed by atoms with Crippen LogP contribution in [0.5, 0.6) is 11.5 Å². The van der Waals surface area contributed by atoms with Crippen molar-refractivity contribution in [1.82, 2.24) is 9.88 Å². The second-order valence-corrected chi connectivity index (χ2v) is 4.85. The van der Waals surface area contributed by atoms with Gasteiger partial charge in [-0.2, -0.15) is 0 Å². The minimum Gasteiger partial charge on any atom is -0.493 e. The quantitative estimate of drug-likeness (QED) is 0.778. The number of nitrogens with zero attached hydrogens (tertiary/aromatic N) is 2. The summed E-state index contributed by atoms with van der Waals surface area (Å²) in [5.74, 6) is 0.760. The lowest BCUT2D eigenvalue weighted by atomic mass is 10.2. The van der Waals surface area contributed by atoms with Crippen molar-refractivity contribution in [2.24, 2.45) is 0 Å². The van der Waals surface area contributed by atoms with Crippen molar-refractivity contribution >= 4 is 5.97 Å². The van der Waals surface area contributed by atoms with E-state index >= 15 is 0 Å². The van der Waals surface area contributed by atoms with Gasteiger partial charge in [0.1, 0.15) is 11.7 Å². The molecule has 0 saturated carbocycles. The number of β-amino-alcohol motifs (C(OH)–C–C–N with tert-alkyl or cyclic N) is 1. The van der Waals surface area contributed by atoms with Crippen LogP contribution in [0.4, 0.5) is 0 Å². The van der Waals surface area contributed by atoms with Crippen LogP contribution in [-0.4, -0.2) is 61.0 Å². The van der Waals surface area contributed by atoms with Crippen molar-refractivity contribution in [3.63, 3.8) is 0 Å². The van der Waals surface area contributed by atoms with Crippen LogP contribution in [-0.2, 0) is 16.1 Å². The number of carbonyl (C=O) groups excluding carboxylic acids is 1. The number of aliphatic hydroxyl groups is 1. The Morgan fingerprint density at radius 2 is 2.19 bits per heavy atom. The van der Waals surface area contributed by atoms with Crippen LogP contribution >= 0.6 is 0 Å².